The van der Waals surface area contributed by atoms with Crippen LogP contribution in [0, 0.1) is 0 Å². The summed E-state index contributed by atoms with van der Waals surface area (Å²) in [6, 6.07) is 1.45. The minimum absolute atomic E-state index is 0.0334. The van der Waals surface area contributed by atoms with Crippen LogP contribution in [0.25, 0.3) is 22.2 Å². The van der Waals surface area contributed by atoms with Crippen molar-refractivity contribution in [3.63, 3.8) is 0 Å². The maximum absolute atomic E-state index is 15.1. The van der Waals surface area contributed by atoms with E-state index in [2.05, 4.69) is 30.2 Å². The summed E-state index contributed by atoms with van der Waals surface area (Å²) in [4.78, 5) is 48.3. The Kier molecular flexibility index (Phi) is 6.78. The molecule has 7 N–H and O–H groups in total. The summed E-state index contributed by atoms with van der Waals surface area (Å²) in [7, 11) is 0. The quantitative estimate of drug-likeness (QED) is 0.131. The van der Waals surface area contributed by atoms with Gasteiger partial charge in [-0.2, -0.15) is 9.67 Å². The number of aliphatic hydroxyl groups excluding tert-OH is 2. The van der Waals surface area contributed by atoms with Crippen LogP contribution in [0.15, 0.2) is 28.2 Å². The fraction of sp³-hybridized carbons (Fsp3) is 0.500. The number of nitrogen functional groups attached to an aromatic ring is 1. The first kappa shape index (κ1) is 27.0. The van der Waals surface area contributed by atoms with Crippen molar-refractivity contribution in [3.8, 4) is 0 Å². The number of fused-ring (bicyclic) bond motifs is 2. The summed E-state index contributed by atoms with van der Waals surface area (Å²) >= 11 is 5.44. The van der Waals surface area contributed by atoms with Crippen molar-refractivity contribution in [1.29, 1.82) is 0 Å². The summed E-state index contributed by atoms with van der Waals surface area (Å²) < 4.78 is 34.8. The number of aliphatic hydroxyl groups is 2. The van der Waals surface area contributed by atoms with E-state index in [0.717, 1.165) is 4.68 Å². The molecule has 0 bridgehead atoms. The number of nitrogens with zero attached hydrogens (tertiary/aromatic N) is 6. The van der Waals surface area contributed by atoms with Crippen LogP contribution in [0.5, 0.6) is 0 Å². The molecule has 8 atom stereocenters. The number of hydrogen-bond acceptors (Lipinski definition) is 13. The van der Waals surface area contributed by atoms with Crippen LogP contribution in [0.4, 0.5) is 10.3 Å². The standard InChI is InChI=1S/C20H23FN9O8PS/c21-11-13(32)9(38-19(11)29-2-1-8-14(29)23-6-24-16(8)33)5-36-39(35,40)10-3-7(4-31)37-18(10)30-15-12(27-28-30)17(34)26-20(22)25-15/h1-2,6-7,9-11,13,18-19,31-32H,3-5H2,(H,35,40)(H,23,24,33)(H3,22,25,26,34)/t7-,9+,10+,11-,13+,18+,19+,39?/m0/s1. The molecule has 2 fully saturated rings. The van der Waals surface area contributed by atoms with E-state index >= 15 is 4.39 Å². The van der Waals surface area contributed by atoms with Crippen LogP contribution in [0.2, 0.25) is 0 Å². The number of H-pyrrole nitrogens is 2. The Morgan fingerprint density at radius 1 is 1.27 bits per heavy atom. The van der Waals surface area contributed by atoms with Crippen molar-refractivity contribution in [1.82, 2.24) is 39.5 Å². The third-order valence-corrected chi connectivity index (χ3v) is 9.84. The van der Waals surface area contributed by atoms with Crippen LogP contribution >= 0.6 is 6.49 Å². The van der Waals surface area contributed by atoms with Crippen LogP contribution in [-0.2, 0) is 25.8 Å². The molecule has 4 aromatic heterocycles. The topological polar surface area (TPSA) is 242 Å². The lowest BCUT2D eigenvalue weighted by molar-refractivity contribution is -0.0426. The van der Waals surface area contributed by atoms with Gasteiger partial charge in [0.1, 0.15) is 17.9 Å². The van der Waals surface area contributed by atoms with Gasteiger partial charge in [-0.3, -0.25) is 14.6 Å². The van der Waals surface area contributed by atoms with E-state index in [9.17, 15) is 24.7 Å². The van der Waals surface area contributed by atoms with Gasteiger partial charge in [0.15, 0.2) is 36.3 Å². The summed E-state index contributed by atoms with van der Waals surface area (Å²) in [6.45, 7) is -4.73. The number of alkyl halides is 1. The SMILES string of the molecule is Nc1nc2c(nnn2[C@@H]2O[C@H](CO)C[C@H]2P(O)(=S)OC[C@H]2O[C@@H](n3ccc4c(=O)[nH]cnc43)[C@@H](F)[C@@H]2O)c(=O)[nH]1. The Morgan fingerprint density at radius 3 is 2.85 bits per heavy atom. The van der Waals surface area contributed by atoms with E-state index < -0.39 is 73.4 Å². The van der Waals surface area contributed by atoms with E-state index in [1.165, 1.54) is 23.2 Å². The number of nitrogens with one attached hydrogen (secondary N) is 2. The average Bonchev–Trinajstić information content (AvgIpc) is 3.69. The first-order valence-electron chi connectivity index (χ1n) is 11.9. The lowest BCUT2D eigenvalue weighted by atomic mass is 10.1. The van der Waals surface area contributed by atoms with Crippen LogP contribution < -0.4 is 16.9 Å². The molecule has 6 rings (SSSR count). The van der Waals surface area contributed by atoms with Gasteiger partial charge in [-0.1, -0.05) is 5.21 Å². The molecule has 17 nitrogen and oxygen atoms in total. The fourth-order valence-electron chi connectivity index (χ4n) is 4.92. The molecule has 0 amide bonds. The maximum atomic E-state index is 15.1. The molecule has 40 heavy (non-hydrogen) atoms. The van der Waals surface area contributed by atoms with Gasteiger partial charge in [0, 0.05) is 6.20 Å². The lowest BCUT2D eigenvalue weighted by Crippen LogP contribution is -2.32. The van der Waals surface area contributed by atoms with Crippen molar-refractivity contribution >= 4 is 46.4 Å². The Hall–Kier alpha value is -3.16. The van der Waals surface area contributed by atoms with E-state index in [0.29, 0.717) is 0 Å². The first-order chi connectivity index (χ1) is 19.1. The molecule has 2 aliphatic heterocycles. The monoisotopic (exact) mass is 599 g/mol. The summed E-state index contributed by atoms with van der Waals surface area (Å²) in [5, 5.41) is 28.2. The molecule has 1 unspecified atom stereocenters. The molecule has 0 spiro atoms. The largest absolute Gasteiger partial charge is 0.394 e. The van der Waals surface area contributed by atoms with Crippen molar-refractivity contribution in [2.45, 2.75) is 49.0 Å². The number of halogens is 1. The third-order valence-electron chi connectivity index (χ3n) is 6.89. The molecule has 2 aliphatic rings. The predicted molar refractivity (Wildman–Crippen MR) is 137 cm³/mol. The van der Waals surface area contributed by atoms with Crippen LogP contribution in [0.3, 0.4) is 0 Å². The second kappa shape index (κ2) is 10.0. The van der Waals surface area contributed by atoms with E-state index in [1.54, 1.807) is 0 Å². The Bertz CT molecular complexity index is 1740. The maximum Gasteiger partial charge on any atom is 0.282 e. The van der Waals surface area contributed by atoms with Crippen molar-refractivity contribution in [3.05, 3.63) is 39.3 Å². The van der Waals surface area contributed by atoms with Gasteiger partial charge in [0.25, 0.3) is 11.1 Å². The molecule has 2 saturated heterocycles. The van der Waals surface area contributed by atoms with Gasteiger partial charge in [0.05, 0.1) is 36.7 Å². The van der Waals surface area contributed by atoms with Crippen molar-refractivity contribution in [2.24, 2.45) is 0 Å². The minimum atomic E-state index is -3.83. The second-order valence-electron chi connectivity index (χ2n) is 9.34. The molecule has 4 aromatic rings. The third kappa shape index (κ3) is 4.44. The summed E-state index contributed by atoms with van der Waals surface area (Å²) in [5.74, 6) is -0.202. The number of aromatic nitrogens is 8. The highest BCUT2D eigenvalue weighted by Crippen LogP contribution is 2.57. The second-order valence-corrected chi connectivity index (χ2v) is 13.0. The van der Waals surface area contributed by atoms with E-state index in [4.69, 9.17) is 31.5 Å². The number of anilines is 1. The highest BCUT2D eigenvalue weighted by Gasteiger charge is 2.49. The Labute approximate surface area is 226 Å². The van der Waals surface area contributed by atoms with E-state index in [1.807, 2.05) is 0 Å². The van der Waals surface area contributed by atoms with Gasteiger partial charge < -0.3 is 44.4 Å². The smallest absolute Gasteiger partial charge is 0.282 e. The van der Waals surface area contributed by atoms with Gasteiger partial charge in [0.2, 0.25) is 5.95 Å². The molecule has 214 valence electrons. The molecule has 0 aromatic carbocycles. The zero-order chi connectivity index (χ0) is 28.3. The fourth-order valence-corrected chi connectivity index (χ4v) is 7.24. The summed E-state index contributed by atoms with van der Waals surface area (Å²) in [6.07, 6.45) is -5.42. The average molecular weight is 599 g/mol. The predicted octanol–water partition coefficient (Wildman–Crippen LogP) is -1.60. The lowest BCUT2D eigenvalue weighted by Gasteiger charge is -2.27. The Balaban J connectivity index is 1.23. The highest BCUT2D eigenvalue weighted by molar-refractivity contribution is 8.09. The number of ether oxygens (including phenoxy) is 2. The molecule has 0 saturated carbocycles. The first-order valence-corrected chi connectivity index (χ1v) is 14.7. The summed E-state index contributed by atoms with van der Waals surface area (Å²) in [5.41, 5.74) is 3.62. The van der Waals surface area contributed by atoms with E-state index in [-0.39, 0.29) is 34.6 Å². The molecule has 0 aliphatic carbocycles. The van der Waals surface area contributed by atoms with Gasteiger partial charge in [-0.25, -0.2) is 9.37 Å². The van der Waals surface area contributed by atoms with Crippen LogP contribution in [0.1, 0.15) is 18.9 Å². The molecule has 0 radical (unpaired) electrons. The molecule has 6 heterocycles. The van der Waals surface area contributed by atoms with Gasteiger partial charge in [-0.15, -0.1) is 5.10 Å². The number of hydrogen-bond donors (Lipinski definition) is 6. The Morgan fingerprint density at radius 2 is 2.08 bits per heavy atom. The number of nitrogens with two attached hydrogens (primary N) is 1. The van der Waals surface area contributed by atoms with Gasteiger partial charge in [-0.05, 0) is 24.3 Å². The van der Waals surface area contributed by atoms with Gasteiger partial charge >= 0.3 is 0 Å². The highest BCUT2D eigenvalue weighted by atomic mass is 32.5. The zero-order valence-corrected chi connectivity index (χ0v) is 22.0. The molecule has 20 heteroatoms. The normalized spacial score (nSPS) is 30.4. The molecular weight excluding hydrogens is 576 g/mol. The van der Waals surface area contributed by atoms with Crippen molar-refractivity contribution in [2.75, 3.05) is 18.9 Å². The van der Waals surface area contributed by atoms with Crippen LogP contribution in [-0.4, -0.2) is 98.0 Å². The minimum Gasteiger partial charge on any atom is -0.394 e. The van der Waals surface area contributed by atoms with Crippen molar-refractivity contribution < 1.29 is 33.5 Å². The number of aromatic amines is 2. The zero-order valence-electron chi connectivity index (χ0n) is 20.3. The molecular formula is C20H23FN9O8PS. The number of rotatable bonds is 7.